The molecule has 1 aromatic carbocycles. The summed E-state index contributed by atoms with van der Waals surface area (Å²) in [5.74, 6) is 0.287. The third-order valence-electron chi connectivity index (χ3n) is 4.98. The number of aromatic nitrogens is 3. The van der Waals surface area contributed by atoms with Crippen molar-refractivity contribution < 1.29 is 9.11 Å². The van der Waals surface area contributed by atoms with Gasteiger partial charge in [-0.05, 0) is 38.1 Å². The summed E-state index contributed by atoms with van der Waals surface area (Å²) in [4.78, 5) is 12.5. The molecule has 0 spiro atoms. The van der Waals surface area contributed by atoms with Gasteiger partial charge in [0.1, 0.15) is 22.3 Å². The molecule has 0 aliphatic carbocycles. The Labute approximate surface area is 191 Å². The number of halogens is 1. The summed E-state index contributed by atoms with van der Waals surface area (Å²) >= 11 is 6.36. The van der Waals surface area contributed by atoms with Crippen molar-refractivity contribution in [2.24, 2.45) is 0 Å². The third-order valence-corrected chi connectivity index (χ3v) is 7.34. The molecule has 0 amide bonds. The van der Waals surface area contributed by atoms with Gasteiger partial charge in [-0.2, -0.15) is 10.2 Å². The minimum Gasteiger partial charge on any atom is -0.368 e. The molecular weight excluding hydrogens is 450 g/mol. The van der Waals surface area contributed by atoms with Gasteiger partial charge < -0.3 is 11.1 Å². The van der Waals surface area contributed by atoms with Gasteiger partial charge in [0.25, 0.3) is 0 Å². The molecule has 1 aliphatic heterocycles. The van der Waals surface area contributed by atoms with Crippen LogP contribution in [-0.4, -0.2) is 30.1 Å². The van der Waals surface area contributed by atoms with Gasteiger partial charge in [0.15, 0.2) is 0 Å². The summed E-state index contributed by atoms with van der Waals surface area (Å²) in [6, 6.07) is 10.0. The molecule has 3 heterocycles. The van der Waals surface area contributed by atoms with Gasteiger partial charge in [-0.1, -0.05) is 34.5 Å². The summed E-state index contributed by atoms with van der Waals surface area (Å²) in [6.45, 7) is 3.49. The van der Waals surface area contributed by atoms with E-state index in [0.29, 0.717) is 22.6 Å². The number of rotatable bonds is 4. The molecular formula is C21H20ClN7O2S. The van der Waals surface area contributed by atoms with E-state index in [0.717, 1.165) is 0 Å². The topological polar surface area (TPSA) is 144 Å². The Morgan fingerprint density at radius 3 is 2.62 bits per heavy atom. The van der Waals surface area contributed by atoms with E-state index in [1.54, 1.807) is 49.6 Å². The fourth-order valence-electron chi connectivity index (χ4n) is 3.57. The van der Waals surface area contributed by atoms with Gasteiger partial charge in [-0.25, -0.2) is 9.29 Å². The van der Waals surface area contributed by atoms with Crippen molar-refractivity contribution in [1.82, 2.24) is 15.0 Å². The fourth-order valence-corrected chi connectivity index (χ4v) is 5.94. The lowest BCUT2D eigenvalue weighted by molar-refractivity contribution is 0.483. The fraction of sp³-hybridized carbons (Fsp3) is 0.143. The molecule has 0 unspecified atom stereocenters. The molecule has 1 aliphatic rings. The third kappa shape index (κ3) is 3.72. The maximum absolute atomic E-state index is 11.4. The summed E-state index contributed by atoms with van der Waals surface area (Å²) < 4.78 is 24.2. The largest absolute Gasteiger partial charge is 0.368 e. The first-order chi connectivity index (χ1) is 15.2. The number of nitriles is 1. The molecule has 9 nitrogen and oxygen atoms in total. The Bertz CT molecular complexity index is 1260. The van der Waals surface area contributed by atoms with Crippen LogP contribution in [0.2, 0.25) is 5.02 Å². The van der Waals surface area contributed by atoms with Crippen LogP contribution in [0.15, 0.2) is 53.3 Å². The smallest absolute Gasteiger partial charge is 0.222 e. The van der Waals surface area contributed by atoms with Crippen LogP contribution < -0.4 is 15.4 Å². The molecule has 0 saturated heterocycles. The summed E-state index contributed by atoms with van der Waals surface area (Å²) in [7, 11) is -3.54. The maximum atomic E-state index is 11.4. The van der Waals surface area contributed by atoms with Gasteiger partial charge in [-0.3, -0.25) is 14.1 Å². The molecule has 0 bridgehead atoms. The van der Waals surface area contributed by atoms with E-state index in [9.17, 15) is 14.4 Å². The quantitative estimate of drug-likeness (QED) is 0.428. The highest BCUT2D eigenvalue weighted by atomic mass is 35.5. The second-order valence-electron chi connectivity index (χ2n) is 7.11. The molecule has 32 heavy (non-hydrogen) atoms. The van der Waals surface area contributed by atoms with Crippen molar-refractivity contribution in [1.29, 1.82) is 5.26 Å². The van der Waals surface area contributed by atoms with Crippen molar-refractivity contribution in [3.8, 4) is 6.07 Å². The monoisotopic (exact) mass is 469 g/mol. The second-order valence-corrected chi connectivity index (χ2v) is 9.33. The van der Waals surface area contributed by atoms with Crippen LogP contribution in [0.1, 0.15) is 23.7 Å². The first-order valence-corrected chi connectivity index (χ1v) is 11.4. The van der Waals surface area contributed by atoms with Gasteiger partial charge in [0.05, 0.1) is 28.1 Å². The Morgan fingerprint density at radius 2 is 1.94 bits per heavy atom. The highest BCUT2D eigenvalue weighted by Crippen LogP contribution is 2.62. The second kappa shape index (κ2) is 8.29. The average Bonchev–Trinajstić information content (AvgIpc) is 2.73. The molecule has 11 heteroatoms. The summed E-state index contributed by atoms with van der Waals surface area (Å²) in [5, 5.41) is 13.0. The first-order valence-electron chi connectivity index (χ1n) is 9.53. The Hall–Kier alpha value is -3.36. The number of hydrogen-bond donors (Lipinski definition) is 4. The summed E-state index contributed by atoms with van der Waals surface area (Å²) in [6.07, 6.45) is 4.94. The highest BCUT2D eigenvalue weighted by molar-refractivity contribution is 8.25. The van der Waals surface area contributed by atoms with E-state index < -0.39 is 16.8 Å². The zero-order valence-electron chi connectivity index (χ0n) is 17.2. The van der Waals surface area contributed by atoms with Crippen molar-refractivity contribution in [2.75, 3.05) is 15.4 Å². The van der Waals surface area contributed by atoms with E-state index in [-0.39, 0.29) is 27.2 Å². The van der Waals surface area contributed by atoms with E-state index in [2.05, 4.69) is 26.3 Å². The molecule has 3 aromatic rings. The predicted octanol–water partition coefficient (Wildman–Crippen LogP) is 4.67. The van der Waals surface area contributed by atoms with Crippen LogP contribution >= 0.6 is 22.4 Å². The number of nitrogen functional groups attached to an aromatic ring is 1. The van der Waals surface area contributed by atoms with Crippen LogP contribution in [0.4, 0.5) is 17.5 Å². The number of benzene rings is 1. The van der Waals surface area contributed by atoms with Gasteiger partial charge in [-0.15, -0.1) is 0 Å². The number of fused-ring (bicyclic) bond motifs is 1. The minimum absolute atomic E-state index is 0.0289. The van der Waals surface area contributed by atoms with Crippen molar-refractivity contribution in [3.05, 3.63) is 70.3 Å². The highest BCUT2D eigenvalue weighted by Gasteiger charge is 2.38. The number of aryl methyl sites for hydroxylation is 1. The average molecular weight is 470 g/mol. The Kier molecular flexibility index (Phi) is 5.66. The standard InChI is InChI=1S/C21H20ClN7O2S/c1-12-16(11-23)20(28-21(24)27-12)26-13(2)18-10-14-4-3-5-17(22)19(14)32(30,31)29(18)15-6-8-25-9-7-15/h3-10,13,30-31H,1-2H3,(H3,24,26,27,28)/t13-/m0/s1. The molecule has 0 fully saturated rings. The predicted molar refractivity (Wildman–Crippen MR) is 126 cm³/mol. The molecule has 4 rings (SSSR count). The van der Waals surface area contributed by atoms with E-state index in [1.807, 2.05) is 13.0 Å². The van der Waals surface area contributed by atoms with Crippen LogP contribution in [-0.2, 0) is 0 Å². The Balaban J connectivity index is 1.86. The lowest BCUT2D eigenvalue weighted by atomic mass is 10.1. The molecule has 2 aromatic heterocycles. The summed E-state index contributed by atoms with van der Waals surface area (Å²) in [5.41, 5.74) is 8.12. The zero-order valence-corrected chi connectivity index (χ0v) is 18.8. The van der Waals surface area contributed by atoms with Gasteiger partial charge in [0.2, 0.25) is 5.95 Å². The molecule has 0 radical (unpaired) electrons. The van der Waals surface area contributed by atoms with Crippen LogP contribution in [0.5, 0.6) is 0 Å². The number of nitrogens with two attached hydrogens (primary N) is 1. The SMILES string of the molecule is Cc1nc(N)nc(N[C@@H](C)C2=Cc3cccc(Cl)c3S(O)(O)N2c2ccncc2)c1C#N. The van der Waals surface area contributed by atoms with Crippen molar-refractivity contribution >= 4 is 45.9 Å². The number of nitrogens with zero attached hydrogens (tertiary/aromatic N) is 5. The first kappa shape index (κ1) is 21.9. The minimum atomic E-state index is -3.54. The number of pyridine rings is 1. The zero-order chi connectivity index (χ0) is 23.0. The maximum Gasteiger partial charge on any atom is 0.222 e. The molecule has 5 N–H and O–H groups in total. The number of anilines is 3. The number of hydrogen-bond acceptors (Lipinski definition) is 9. The van der Waals surface area contributed by atoms with Crippen LogP contribution in [0.3, 0.4) is 0 Å². The lowest BCUT2D eigenvalue weighted by Crippen LogP contribution is -2.37. The van der Waals surface area contributed by atoms with E-state index in [1.165, 1.54) is 4.31 Å². The van der Waals surface area contributed by atoms with Crippen molar-refractivity contribution in [3.63, 3.8) is 0 Å². The molecule has 164 valence electrons. The van der Waals surface area contributed by atoms with Crippen LogP contribution in [0.25, 0.3) is 6.08 Å². The number of nitrogens with one attached hydrogen (secondary N) is 1. The molecule has 1 atom stereocenters. The van der Waals surface area contributed by atoms with Crippen molar-refractivity contribution in [2.45, 2.75) is 24.8 Å². The van der Waals surface area contributed by atoms with Gasteiger partial charge >= 0.3 is 0 Å². The van der Waals surface area contributed by atoms with E-state index in [4.69, 9.17) is 17.3 Å². The van der Waals surface area contributed by atoms with Gasteiger partial charge in [0, 0.05) is 18.0 Å². The normalized spacial score (nSPS) is 16.4. The molecule has 0 saturated carbocycles. The van der Waals surface area contributed by atoms with Crippen LogP contribution in [0, 0.1) is 18.3 Å². The van der Waals surface area contributed by atoms with E-state index >= 15 is 0 Å². The lowest BCUT2D eigenvalue weighted by Gasteiger charge is -2.49. The Morgan fingerprint density at radius 1 is 1.22 bits per heavy atom.